The number of benzene rings is 2. The van der Waals surface area contributed by atoms with Crippen molar-refractivity contribution in [1.82, 2.24) is 4.98 Å². The lowest BCUT2D eigenvalue weighted by molar-refractivity contribution is 1.01. The van der Waals surface area contributed by atoms with Crippen LogP contribution < -0.4 is 5.32 Å². The van der Waals surface area contributed by atoms with Crippen molar-refractivity contribution in [3.05, 3.63) is 71.9 Å². The molecule has 2 aromatic carbocycles. The molecule has 3 rings (SSSR count). The summed E-state index contributed by atoms with van der Waals surface area (Å²) in [5.74, 6) is 0.974. The molecule has 0 aliphatic carbocycles. The van der Waals surface area contributed by atoms with Gasteiger partial charge in [0.25, 0.3) is 0 Å². The van der Waals surface area contributed by atoms with Crippen molar-refractivity contribution in [2.45, 2.75) is 13.3 Å². The van der Waals surface area contributed by atoms with Crippen LogP contribution in [0.2, 0.25) is 0 Å². The molecule has 1 aromatic heterocycles. The van der Waals surface area contributed by atoms with Crippen LogP contribution in [0.1, 0.15) is 11.1 Å². The van der Waals surface area contributed by atoms with Crippen molar-refractivity contribution in [2.75, 3.05) is 11.9 Å². The van der Waals surface area contributed by atoms with E-state index in [0.29, 0.717) is 0 Å². The first-order valence-electron chi connectivity index (χ1n) is 6.97. The van der Waals surface area contributed by atoms with Gasteiger partial charge < -0.3 is 5.32 Å². The summed E-state index contributed by atoms with van der Waals surface area (Å²) < 4.78 is 0. The van der Waals surface area contributed by atoms with Crippen LogP contribution in [-0.4, -0.2) is 11.5 Å². The van der Waals surface area contributed by atoms with Crippen molar-refractivity contribution in [3.8, 4) is 0 Å². The standard InChI is InChI=1S/C18H18N2/c1-14-6-5-9-17-16(14)11-13-20-18(17)19-12-10-15-7-3-2-4-8-15/h2-9,11,13H,10,12H2,1H3,(H,19,20). The van der Waals surface area contributed by atoms with Crippen molar-refractivity contribution < 1.29 is 0 Å². The van der Waals surface area contributed by atoms with E-state index in [1.165, 1.54) is 21.9 Å². The number of nitrogens with one attached hydrogen (secondary N) is 1. The monoisotopic (exact) mass is 262 g/mol. The lowest BCUT2D eigenvalue weighted by Crippen LogP contribution is -2.06. The summed E-state index contributed by atoms with van der Waals surface area (Å²) in [7, 11) is 0. The van der Waals surface area contributed by atoms with Gasteiger partial charge in [-0.05, 0) is 35.9 Å². The Labute approximate surface area is 119 Å². The van der Waals surface area contributed by atoms with Gasteiger partial charge in [0.15, 0.2) is 0 Å². The zero-order valence-corrected chi connectivity index (χ0v) is 11.6. The zero-order valence-electron chi connectivity index (χ0n) is 11.6. The molecule has 1 heterocycles. The van der Waals surface area contributed by atoms with Crippen LogP contribution in [-0.2, 0) is 6.42 Å². The second-order valence-corrected chi connectivity index (χ2v) is 4.99. The first kappa shape index (κ1) is 12.7. The highest BCUT2D eigenvalue weighted by atomic mass is 15.0. The Morgan fingerprint density at radius 2 is 1.75 bits per heavy atom. The third-order valence-electron chi connectivity index (χ3n) is 3.57. The average molecular weight is 262 g/mol. The molecule has 0 amide bonds. The average Bonchev–Trinajstić information content (AvgIpc) is 2.49. The highest BCUT2D eigenvalue weighted by molar-refractivity contribution is 5.93. The maximum atomic E-state index is 4.47. The van der Waals surface area contributed by atoms with E-state index in [9.17, 15) is 0 Å². The SMILES string of the molecule is Cc1cccc2c(NCCc3ccccc3)nccc12. The summed E-state index contributed by atoms with van der Waals surface area (Å²) in [6.45, 7) is 3.03. The second kappa shape index (κ2) is 5.74. The van der Waals surface area contributed by atoms with E-state index in [1.54, 1.807) is 0 Å². The molecular weight excluding hydrogens is 244 g/mol. The molecule has 0 saturated heterocycles. The molecule has 0 saturated carbocycles. The van der Waals surface area contributed by atoms with E-state index in [4.69, 9.17) is 0 Å². The number of anilines is 1. The quantitative estimate of drug-likeness (QED) is 0.762. The number of rotatable bonds is 4. The first-order valence-corrected chi connectivity index (χ1v) is 6.97. The Morgan fingerprint density at radius 3 is 2.60 bits per heavy atom. The summed E-state index contributed by atoms with van der Waals surface area (Å²) in [6, 6.07) is 18.9. The lowest BCUT2D eigenvalue weighted by Gasteiger charge is -2.10. The minimum Gasteiger partial charge on any atom is -0.369 e. The smallest absolute Gasteiger partial charge is 0.133 e. The third-order valence-corrected chi connectivity index (χ3v) is 3.57. The predicted octanol–water partition coefficient (Wildman–Crippen LogP) is 4.20. The van der Waals surface area contributed by atoms with E-state index < -0.39 is 0 Å². The van der Waals surface area contributed by atoms with Crippen molar-refractivity contribution in [1.29, 1.82) is 0 Å². The molecule has 0 spiro atoms. The molecule has 0 unspecified atom stereocenters. The van der Waals surface area contributed by atoms with Gasteiger partial charge >= 0.3 is 0 Å². The molecule has 1 N–H and O–H groups in total. The van der Waals surface area contributed by atoms with Crippen LogP contribution in [0.15, 0.2) is 60.8 Å². The van der Waals surface area contributed by atoms with Crippen LogP contribution in [0, 0.1) is 6.92 Å². The van der Waals surface area contributed by atoms with Gasteiger partial charge in [0.2, 0.25) is 0 Å². The molecule has 2 nitrogen and oxygen atoms in total. The Hall–Kier alpha value is -2.35. The number of aryl methyl sites for hydroxylation is 1. The van der Waals surface area contributed by atoms with Gasteiger partial charge in [0, 0.05) is 18.1 Å². The fourth-order valence-electron chi connectivity index (χ4n) is 2.48. The molecule has 3 aromatic rings. The van der Waals surface area contributed by atoms with E-state index in [1.807, 2.05) is 12.3 Å². The first-order chi connectivity index (χ1) is 9.84. The molecule has 0 atom stereocenters. The highest BCUT2D eigenvalue weighted by Gasteiger charge is 2.03. The molecule has 100 valence electrons. The van der Waals surface area contributed by atoms with Crippen LogP contribution >= 0.6 is 0 Å². The molecular formula is C18H18N2. The molecule has 0 aliphatic rings. The van der Waals surface area contributed by atoms with Gasteiger partial charge in [-0.2, -0.15) is 0 Å². The van der Waals surface area contributed by atoms with Gasteiger partial charge in [0.1, 0.15) is 5.82 Å². The van der Waals surface area contributed by atoms with Crippen molar-refractivity contribution >= 4 is 16.6 Å². The minimum atomic E-state index is 0.893. The number of hydrogen-bond acceptors (Lipinski definition) is 2. The molecule has 0 bridgehead atoms. The largest absolute Gasteiger partial charge is 0.369 e. The van der Waals surface area contributed by atoms with E-state index in [2.05, 4.69) is 65.8 Å². The second-order valence-electron chi connectivity index (χ2n) is 4.99. The number of fused-ring (bicyclic) bond motifs is 1. The van der Waals surface area contributed by atoms with Gasteiger partial charge in [0.05, 0.1) is 0 Å². The number of nitrogens with zero attached hydrogens (tertiary/aromatic N) is 1. The normalized spacial score (nSPS) is 10.7. The molecule has 0 aliphatic heterocycles. The lowest BCUT2D eigenvalue weighted by atomic mass is 10.1. The van der Waals surface area contributed by atoms with E-state index in [-0.39, 0.29) is 0 Å². The maximum absolute atomic E-state index is 4.47. The molecule has 2 heteroatoms. The number of pyridine rings is 1. The Kier molecular flexibility index (Phi) is 3.64. The summed E-state index contributed by atoms with van der Waals surface area (Å²) in [4.78, 5) is 4.47. The van der Waals surface area contributed by atoms with Crippen LogP contribution in [0.25, 0.3) is 10.8 Å². The summed E-state index contributed by atoms with van der Waals surface area (Å²) in [5.41, 5.74) is 2.63. The number of aromatic nitrogens is 1. The fraction of sp³-hybridized carbons (Fsp3) is 0.167. The van der Waals surface area contributed by atoms with Gasteiger partial charge in [-0.15, -0.1) is 0 Å². The Morgan fingerprint density at radius 1 is 0.900 bits per heavy atom. The van der Waals surface area contributed by atoms with E-state index in [0.717, 1.165) is 18.8 Å². The molecule has 0 radical (unpaired) electrons. The van der Waals surface area contributed by atoms with Crippen molar-refractivity contribution in [2.24, 2.45) is 0 Å². The fourth-order valence-corrected chi connectivity index (χ4v) is 2.48. The summed E-state index contributed by atoms with van der Waals surface area (Å²) >= 11 is 0. The summed E-state index contributed by atoms with van der Waals surface area (Å²) in [6.07, 6.45) is 2.88. The van der Waals surface area contributed by atoms with Gasteiger partial charge in [-0.25, -0.2) is 4.98 Å². The zero-order chi connectivity index (χ0) is 13.8. The van der Waals surface area contributed by atoms with Crippen LogP contribution in [0.5, 0.6) is 0 Å². The van der Waals surface area contributed by atoms with Crippen molar-refractivity contribution in [3.63, 3.8) is 0 Å². The van der Waals surface area contributed by atoms with E-state index >= 15 is 0 Å². The molecule has 0 fully saturated rings. The molecule has 20 heavy (non-hydrogen) atoms. The minimum absolute atomic E-state index is 0.893. The maximum Gasteiger partial charge on any atom is 0.133 e. The van der Waals surface area contributed by atoms with Gasteiger partial charge in [-0.3, -0.25) is 0 Å². The van der Waals surface area contributed by atoms with Crippen LogP contribution in [0.4, 0.5) is 5.82 Å². The third kappa shape index (κ3) is 2.64. The Balaban J connectivity index is 1.76. The van der Waals surface area contributed by atoms with Crippen LogP contribution in [0.3, 0.4) is 0 Å². The Bertz CT molecular complexity index is 705. The predicted molar refractivity (Wildman–Crippen MR) is 85.1 cm³/mol. The highest BCUT2D eigenvalue weighted by Crippen LogP contribution is 2.23. The topological polar surface area (TPSA) is 24.9 Å². The number of hydrogen-bond donors (Lipinski definition) is 1. The summed E-state index contributed by atoms with van der Waals surface area (Å²) in [5, 5.41) is 5.92. The van der Waals surface area contributed by atoms with Gasteiger partial charge in [-0.1, -0.05) is 48.5 Å².